The Morgan fingerprint density at radius 3 is 1.81 bits per heavy atom. The number of fused-ring (bicyclic) bond motifs is 2. The lowest BCUT2D eigenvalue weighted by atomic mass is 9.76. The van der Waals surface area contributed by atoms with E-state index in [1.54, 1.807) is 0 Å². The normalized spacial score (nSPS) is 52.1. The summed E-state index contributed by atoms with van der Waals surface area (Å²) >= 11 is 0. The van der Waals surface area contributed by atoms with Crippen molar-refractivity contribution in [1.29, 1.82) is 0 Å². The molecule has 0 N–H and O–H groups in total. The summed E-state index contributed by atoms with van der Waals surface area (Å²) in [6.45, 7) is 2.23. The molecule has 2 heteroatoms. The van der Waals surface area contributed by atoms with Gasteiger partial charge >= 0.3 is 0 Å². The third-order valence-electron chi connectivity index (χ3n) is 4.30. The second-order valence-electron chi connectivity index (χ2n) is 4.99. The second-order valence-corrected chi connectivity index (χ2v) is 4.99. The molecule has 2 nitrogen and oxygen atoms in total. The topological polar surface area (TPSA) is 25.1 Å². The molecule has 2 fully saturated rings. The second kappa shape index (κ2) is 2.58. The summed E-state index contributed by atoms with van der Waals surface area (Å²) < 4.78 is 11.7. The van der Waals surface area contributed by atoms with Gasteiger partial charge in [0.05, 0.1) is 0 Å². The van der Waals surface area contributed by atoms with Gasteiger partial charge in [0, 0.05) is 5.92 Å². The number of allylic oxidation sites excluding steroid dienone is 4. The fraction of sp³-hybridized carbons (Fsp3) is 0.429. The molecule has 2 aliphatic carbocycles. The SMILES string of the molecule is CC(C12C=CC=CC1O2)C12C=CC=CC1O2. The lowest BCUT2D eigenvalue weighted by Gasteiger charge is -2.24. The van der Waals surface area contributed by atoms with E-state index in [-0.39, 0.29) is 23.4 Å². The molecule has 2 aliphatic heterocycles. The van der Waals surface area contributed by atoms with E-state index in [0.29, 0.717) is 5.92 Å². The van der Waals surface area contributed by atoms with Crippen LogP contribution in [0.3, 0.4) is 0 Å². The van der Waals surface area contributed by atoms with Crippen LogP contribution in [-0.4, -0.2) is 23.4 Å². The number of rotatable bonds is 2. The number of ether oxygens (including phenoxy) is 2. The molecule has 2 saturated heterocycles. The van der Waals surface area contributed by atoms with Gasteiger partial charge in [-0.3, -0.25) is 0 Å². The first-order valence-corrected chi connectivity index (χ1v) is 5.86. The first-order valence-electron chi connectivity index (χ1n) is 5.86. The van der Waals surface area contributed by atoms with Crippen LogP contribution in [0.15, 0.2) is 48.6 Å². The van der Waals surface area contributed by atoms with E-state index in [1.165, 1.54) is 0 Å². The van der Waals surface area contributed by atoms with Crippen molar-refractivity contribution in [3.05, 3.63) is 48.6 Å². The molecule has 0 spiro atoms. The van der Waals surface area contributed by atoms with E-state index in [2.05, 4.69) is 55.5 Å². The quantitative estimate of drug-likeness (QED) is 0.658. The first-order chi connectivity index (χ1) is 7.78. The summed E-state index contributed by atoms with van der Waals surface area (Å²) in [6, 6.07) is 0. The first kappa shape index (κ1) is 8.97. The van der Waals surface area contributed by atoms with Crippen molar-refractivity contribution in [3.63, 3.8) is 0 Å². The molecule has 2 heterocycles. The van der Waals surface area contributed by atoms with Crippen molar-refractivity contribution in [2.75, 3.05) is 0 Å². The third-order valence-corrected chi connectivity index (χ3v) is 4.30. The van der Waals surface area contributed by atoms with Gasteiger partial charge in [0.2, 0.25) is 0 Å². The molecule has 4 atom stereocenters. The van der Waals surface area contributed by atoms with Crippen LogP contribution in [0.4, 0.5) is 0 Å². The molecule has 4 rings (SSSR count). The van der Waals surface area contributed by atoms with E-state index in [4.69, 9.17) is 9.47 Å². The fourth-order valence-electron chi connectivity index (χ4n) is 3.10. The zero-order valence-corrected chi connectivity index (χ0v) is 9.17. The highest BCUT2D eigenvalue weighted by atomic mass is 16.6. The van der Waals surface area contributed by atoms with E-state index < -0.39 is 0 Å². The van der Waals surface area contributed by atoms with Crippen molar-refractivity contribution in [2.45, 2.75) is 30.3 Å². The number of hydrogen-bond donors (Lipinski definition) is 0. The maximum Gasteiger partial charge on any atom is 0.123 e. The largest absolute Gasteiger partial charge is 0.357 e. The number of hydrogen-bond acceptors (Lipinski definition) is 2. The highest BCUT2D eigenvalue weighted by molar-refractivity contribution is 5.40. The highest BCUT2D eigenvalue weighted by Gasteiger charge is 2.70. The van der Waals surface area contributed by atoms with Gasteiger partial charge in [-0.2, -0.15) is 0 Å². The summed E-state index contributed by atoms with van der Waals surface area (Å²) in [4.78, 5) is 0. The molecule has 16 heavy (non-hydrogen) atoms. The molecule has 0 aromatic heterocycles. The number of epoxide rings is 2. The van der Waals surface area contributed by atoms with Gasteiger partial charge in [-0.1, -0.05) is 43.4 Å². The molecule has 0 bridgehead atoms. The molecule has 82 valence electrons. The minimum Gasteiger partial charge on any atom is -0.357 e. The Morgan fingerprint density at radius 1 is 0.875 bits per heavy atom. The fourth-order valence-corrected chi connectivity index (χ4v) is 3.10. The maximum atomic E-state index is 5.86. The Bertz CT molecular complexity index is 417. The zero-order chi connectivity index (χ0) is 10.8. The Hall–Kier alpha value is -1.12. The summed E-state index contributed by atoms with van der Waals surface area (Å²) in [5, 5.41) is 0. The average molecular weight is 214 g/mol. The predicted octanol–water partition coefficient (Wildman–Crippen LogP) is 2.15. The summed E-state index contributed by atoms with van der Waals surface area (Å²) in [7, 11) is 0. The average Bonchev–Trinajstić information content (AvgIpc) is 3.20. The van der Waals surface area contributed by atoms with Gasteiger partial charge in [-0.15, -0.1) is 0 Å². The molecular weight excluding hydrogens is 200 g/mol. The molecule has 0 radical (unpaired) electrons. The van der Waals surface area contributed by atoms with Gasteiger partial charge < -0.3 is 9.47 Å². The van der Waals surface area contributed by atoms with Gasteiger partial charge in [-0.25, -0.2) is 0 Å². The van der Waals surface area contributed by atoms with Crippen molar-refractivity contribution in [1.82, 2.24) is 0 Å². The van der Waals surface area contributed by atoms with Gasteiger partial charge in [0.15, 0.2) is 0 Å². The molecule has 4 unspecified atom stereocenters. The van der Waals surface area contributed by atoms with E-state index in [9.17, 15) is 0 Å². The van der Waals surface area contributed by atoms with Crippen molar-refractivity contribution >= 4 is 0 Å². The van der Waals surface area contributed by atoms with Crippen LogP contribution in [0.5, 0.6) is 0 Å². The standard InChI is InChI=1S/C14H14O2/c1-10(13-8-4-2-6-11(13)15-13)14-9-5-3-7-12(14)16-14/h2-12H,1H3. The van der Waals surface area contributed by atoms with E-state index in [0.717, 1.165) is 0 Å². The smallest absolute Gasteiger partial charge is 0.123 e. The molecule has 0 aromatic rings. The van der Waals surface area contributed by atoms with E-state index in [1.807, 2.05) is 0 Å². The predicted molar refractivity (Wildman–Crippen MR) is 60.9 cm³/mol. The molecule has 0 saturated carbocycles. The van der Waals surface area contributed by atoms with Crippen LogP contribution in [-0.2, 0) is 9.47 Å². The Morgan fingerprint density at radius 2 is 1.38 bits per heavy atom. The maximum absolute atomic E-state index is 5.86. The van der Waals surface area contributed by atoms with Crippen molar-refractivity contribution in [2.24, 2.45) is 5.92 Å². The molecule has 0 amide bonds. The Kier molecular flexibility index (Phi) is 1.45. The van der Waals surface area contributed by atoms with E-state index >= 15 is 0 Å². The van der Waals surface area contributed by atoms with Crippen LogP contribution in [0, 0.1) is 5.92 Å². The summed E-state index contributed by atoms with van der Waals surface area (Å²) in [5.41, 5.74) is -0.224. The lowest BCUT2D eigenvalue weighted by molar-refractivity contribution is 0.188. The highest BCUT2D eigenvalue weighted by Crippen LogP contribution is 2.58. The van der Waals surface area contributed by atoms with Crippen molar-refractivity contribution < 1.29 is 9.47 Å². The monoisotopic (exact) mass is 214 g/mol. The minimum atomic E-state index is -0.112. The minimum absolute atomic E-state index is 0.112. The molecular formula is C14H14O2. The van der Waals surface area contributed by atoms with Gasteiger partial charge in [0.25, 0.3) is 0 Å². The van der Waals surface area contributed by atoms with Crippen LogP contribution in [0.2, 0.25) is 0 Å². The van der Waals surface area contributed by atoms with Gasteiger partial charge in [0.1, 0.15) is 23.4 Å². The lowest BCUT2D eigenvalue weighted by Crippen LogP contribution is -2.36. The summed E-state index contributed by atoms with van der Waals surface area (Å²) in [5.74, 6) is 0.359. The van der Waals surface area contributed by atoms with Crippen LogP contribution in [0.25, 0.3) is 0 Å². The third kappa shape index (κ3) is 0.902. The molecule has 4 aliphatic rings. The van der Waals surface area contributed by atoms with Crippen LogP contribution >= 0.6 is 0 Å². The molecule has 0 aromatic carbocycles. The van der Waals surface area contributed by atoms with Crippen LogP contribution in [0.1, 0.15) is 6.92 Å². The Labute approximate surface area is 94.9 Å². The van der Waals surface area contributed by atoms with Gasteiger partial charge in [-0.05, 0) is 12.2 Å². The van der Waals surface area contributed by atoms with Crippen molar-refractivity contribution in [3.8, 4) is 0 Å². The zero-order valence-electron chi connectivity index (χ0n) is 9.17. The summed E-state index contributed by atoms with van der Waals surface area (Å²) in [6.07, 6.45) is 17.4. The van der Waals surface area contributed by atoms with Crippen LogP contribution < -0.4 is 0 Å². The Balaban J connectivity index is 1.67.